The number of aryl methyl sites for hydroxylation is 2. The summed E-state index contributed by atoms with van der Waals surface area (Å²) in [4.78, 5) is 23.1. The summed E-state index contributed by atoms with van der Waals surface area (Å²) in [5.74, 6) is 0.141. The van der Waals surface area contributed by atoms with Crippen molar-refractivity contribution in [3.8, 4) is 22.4 Å². The zero-order chi connectivity index (χ0) is 26.9. The highest BCUT2D eigenvalue weighted by molar-refractivity contribution is 6.04. The minimum absolute atomic E-state index is 0.133. The quantitative estimate of drug-likeness (QED) is 0.399. The standard InChI is InChI=1S/C27H25F3N6O2/c1-17-3-4-21(33-26(37)18-5-6-31-24(12-18)27(28,29)30)14-22(17)19-11-23(20-15-32-35(2)16-20)34-25(13-19)36-7-9-38-10-8-36/h3-6,11-16H,7-10H2,1-2H3,(H,33,37). The number of anilines is 2. The molecule has 0 spiro atoms. The maximum atomic E-state index is 13.1. The summed E-state index contributed by atoms with van der Waals surface area (Å²) in [6.07, 6.45) is -0.0213. The van der Waals surface area contributed by atoms with Crippen LogP contribution in [-0.2, 0) is 18.0 Å². The number of benzene rings is 1. The third kappa shape index (κ3) is 5.52. The number of amides is 1. The van der Waals surface area contributed by atoms with Crippen LogP contribution in [-0.4, -0.2) is 52.0 Å². The van der Waals surface area contributed by atoms with Gasteiger partial charge in [0.25, 0.3) is 5.91 Å². The molecule has 1 aromatic carbocycles. The van der Waals surface area contributed by atoms with Crippen molar-refractivity contribution in [3.05, 3.63) is 77.9 Å². The molecule has 8 nitrogen and oxygen atoms in total. The maximum absolute atomic E-state index is 13.1. The van der Waals surface area contributed by atoms with Gasteiger partial charge in [-0.05, 0) is 60.0 Å². The normalized spacial score (nSPS) is 14.0. The van der Waals surface area contributed by atoms with Crippen molar-refractivity contribution in [2.24, 2.45) is 7.05 Å². The molecule has 1 aliphatic heterocycles. The van der Waals surface area contributed by atoms with Gasteiger partial charge in [0.15, 0.2) is 0 Å². The van der Waals surface area contributed by atoms with Crippen LogP contribution in [0.3, 0.4) is 0 Å². The monoisotopic (exact) mass is 522 g/mol. The summed E-state index contributed by atoms with van der Waals surface area (Å²) >= 11 is 0. The number of halogens is 3. The largest absolute Gasteiger partial charge is 0.433 e. The van der Waals surface area contributed by atoms with E-state index in [9.17, 15) is 18.0 Å². The van der Waals surface area contributed by atoms with Gasteiger partial charge in [0, 0.05) is 49.3 Å². The molecule has 1 saturated heterocycles. The number of carbonyl (C=O) groups is 1. The van der Waals surface area contributed by atoms with Gasteiger partial charge in [-0.2, -0.15) is 18.3 Å². The highest BCUT2D eigenvalue weighted by atomic mass is 19.4. The Kier molecular flexibility index (Phi) is 6.85. The van der Waals surface area contributed by atoms with Gasteiger partial charge in [0.2, 0.25) is 0 Å². The summed E-state index contributed by atoms with van der Waals surface area (Å²) in [6.45, 7) is 4.60. The van der Waals surface area contributed by atoms with Crippen molar-refractivity contribution in [1.29, 1.82) is 0 Å². The molecule has 1 aliphatic rings. The van der Waals surface area contributed by atoms with Crippen LogP contribution >= 0.6 is 0 Å². The van der Waals surface area contributed by atoms with E-state index in [1.807, 2.05) is 44.4 Å². The molecule has 0 bridgehead atoms. The number of aromatic nitrogens is 4. The van der Waals surface area contributed by atoms with Gasteiger partial charge >= 0.3 is 6.18 Å². The highest BCUT2D eigenvalue weighted by Crippen LogP contribution is 2.33. The van der Waals surface area contributed by atoms with Crippen molar-refractivity contribution in [2.75, 3.05) is 36.5 Å². The van der Waals surface area contributed by atoms with Gasteiger partial charge in [0.1, 0.15) is 11.5 Å². The average Bonchev–Trinajstić information content (AvgIpc) is 3.36. The SMILES string of the molecule is Cc1ccc(NC(=O)c2ccnc(C(F)(F)F)c2)cc1-c1cc(-c2cnn(C)c2)nc(N2CCOCC2)c1. The summed E-state index contributed by atoms with van der Waals surface area (Å²) in [7, 11) is 1.84. The average molecular weight is 523 g/mol. The number of pyridine rings is 2. The number of hydrogen-bond acceptors (Lipinski definition) is 6. The lowest BCUT2D eigenvalue weighted by atomic mass is 9.98. The third-order valence-corrected chi connectivity index (χ3v) is 6.27. The molecule has 3 aromatic heterocycles. The second-order valence-corrected chi connectivity index (χ2v) is 9.01. The predicted octanol–water partition coefficient (Wildman–Crippen LogP) is 4.96. The highest BCUT2D eigenvalue weighted by Gasteiger charge is 2.33. The topological polar surface area (TPSA) is 85.2 Å². The maximum Gasteiger partial charge on any atom is 0.433 e. The second kappa shape index (κ2) is 10.3. The summed E-state index contributed by atoms with van der Waals surface area (Å²) in [5.41, 5.74) is 3.52. The van der Waals surface area contributed by atoms with Crippen molar-refractivity contribution in [2.45, 2.75) is 13.1 Å². The van der Waals surface area contributed by atoms with Crippen LogP contribution in [0.15, 0.2) is 61.1 Å². The Morgan fingerprint density at radius 1 is 1.05 bits per heavy atom. The minimum Gasteiger partial charge on any atom is -0.378 e. The lowest BCUT2D eigenvalue weighted by Crippen LogP contribution is -2.36. The first-order valence-electron chi connectivity index (χ1n) is 12.0. The molecule has 5 rings (SSSR count). The van der Waals surface area contributed by atoms with Crippen LogP contribution in [0.1, 0.15) is 21.6 Å². The lowest BCUT2D eigenvalue weighted by Gasteiger charge is -2.28. The summed E-state index contributed by atoms with van der Waals surface area (Å²) in [6, 6.07) is 11.3. The summed E-state index contributed by atoms with van der Waals surface area (Å²) < 4.78 is 46.4. The fourth-order valence-electron chi connectivity index (χ4n) is 4.27. The molecule has 0 aliphatic carbocycles. The van der Waals surface area contributed by atoms with E-state index < -0.39 is 17.8 Å². The number of nitrogens with one attached hydrogen (secondary N) is 1. The van der Waals surface area contributed by atoms with E-state index >= 15 is 0 Å². The van der Waals surface area contributed by atoms with Gasteiger partial charge in [-0.25, -0.2) is 4.98 Å². The number of alkyl halides is 3. The van der Waals surface area contributed by atoms with Crippen LogP contribution in [0, 0.1) is 6.92 Å². The Labute approximate surface area is 217 Å². The van der Waals surface area contributed by atoms with E-state index in [-0.39, 0.29) is 5.56 Å². The lowest BCUT2D eigenvalue weighted by molar-refractivity contribution is -0.141. The molecular formula is C27H25F3N6O2. The first kappa shape index (κ1) is 25.4. The smallest absolute Gasteiger partial charge is 0.378 e. The zero-order valence-corrected chi connectivity index (χ0v) is 20.8. The molecule has 196 valence electrons. The number of rotatable bonds is 5. The first-order valence-corrected chi connectivity index (χ1v) is 12.0. The van der Waals surface area contributed by atoms with Crippen LogP contribution in [0.5, 0.6) is 0 Å². The summed E-state index contributed by atoms with van der Waals surface area (Å²) in [5, 5.41) is 6.98. The van der Waals surface area contributed by atoms with E-state index in [2.05, 4.69) is 20.3 Å². The molecule has 0 unspecified atom stereocenters. The van der Waals surface area contributed by atoms with Crippen molar-refractivity contribution >= 4 is 17.4 Å². The Balaban J connectivity index is 1.50. The molecule has 4 aromatic rings. The van der Waals surface area contributed by atoms with Gasteiger partial charge in [-0.3, -0.25) is 14.5 Å². The Morgan fingerprint density at radius 2 is 1.84 bits per heavy atom. The van der Waals surface area contributed by atoms with Crippen LogP contribution in [0.4, 0.5) is 24.7 Å². The fraction of sp³-hybridized carbons (Fsp3) is 0.259. The van der Waals surface area contributed by atoms with Gasteiger partial charge < -0.3 is 15.0 Å². The van der Waals surface area contributed by atoms with E-state index in [1.165, 1.54) is 6.07 Å². The molecule has 1 amide bonds. The van der Waals surface area contributed by atoms with Crippen molar-refractivity contribution in [1.82, 2.24) is 19.7 Å². The molecule has 0 saturated carbocycles. The number of morpholine rings is 1. The predicted molar refractivity (Wildman–Crippen MR) is 137 cm³/mol. The van der Waals surface area contributed by atoms with Crippen LogP contribution in [0.2, 0.25) is 0 Å². The molecule has 38 heavy (non-hydrogen) atoms. The van der Waals surface area contributed by atoms with Crippen LogP contribution in [0.25, 0.3) is 22.4 Å². The molecule has 1 N–H and O–H groups in total. The van der Waals surface area contributed by atoms with E-state index in [4.69, 9.17) is 9.72 Å². The van der Waals surface area contributed by atoms with Crippen molar-refractivity contribution < 1.29 is 22.7 Å². The Hall–Kier alpha value is -4.25. The molecule has 0 radical (unpaired) electrons. The Bertz CT molecular complexity index is 1480. The Morgan fingerprint density at radius 3 is 2.55 bits per heavy atom. The molecule has 1 fully saturated rings. The third-order valence-electron chi connectivity index (χ3n) is 6.27. The van der Waals surface area contributed by atoms with Crippen LogP contribution < -0.4 is 10.2 Å². The second-order valence-electron chi connectivity index (χ2n) is 9.01. The fourth-order valence-corrected chi connectivity index (χ4v) is 4.27. The van der Waals surface area contributed by atoms with Crippen molar-refractivity contribution in [3.63, 3.8) is 0 Å². The van der Waals surface area contributed by atoms with E-state index in [1.54, 1.807) is 16.9 Å². The number of hydrogen-bond donors (Lipinski definition) is 1. The van der Waals surface area contributed by atoms with Gasteiger partial charge in [-0.15, -0.1) is 0 Å². The minimum atomic E-state index is -4.64. The number of nitrogens with zero attached hydrogens (tertiary/aromatic N) is 5. The van der Waals surface area contributed by atoms with Gasteiger partial charge in [-0.1, -0.05) is 6.07 Å². The number of carbonyl (C=O) groups excluding carboxylic acids is 1. The zero-order valence-electron chi connectivity index (χ0n) is 20.8. The van der Waals surface area contributed by atoms with E-state index in [0.717, 1.165) is 46.0 Å². The number of ether oxygens (including phenoxy) is 1. The molecule has 4 heterocycles. The van der Waals surface area contributed by atoms with Gasteiger partial charge in [0.05, 0.1) is 25.1 Å². The molecule has 0 atom stereocenters. The molecule has 11 heteroatoms. The first-order chi connectivity index (χ1) is 18.2. The van der Waals surface area contributed by atoms with E-state index in [0.29, 0.717) is 32.0 Å². The molecular weight excluding hydrogens is 497 g/mol.